The smallest absolute Gasteiger partial charge is 0.303 e. The van der Waals surface area contributed by atoms with Crippen molar-refractivity contribution in [2.24, 2.45) is 23.7 Å². The number of nitrogens with zero attached hydrogens (tertiary/aromatic N) is 5. The van der Waals surface area contributed by atoms with E-state index in [4.69, 9.17) is 19.0 Å². The average Bonchev–Trinajstić information content (AvgIpc) is 3.99. The third kappa shape index (κ3) is 14.2. The van der Waals surface area contributed by atoms with Gasteiger partial charge in [-0.3, -0.25) is 28.9 Å². The summed E-state index contributed by atoms with van der Waals surface area (Å²) in [4.78, 5) is 73.6. The third-order valence-electron chi connectivity index (χ3n) is 13.1. The fraction of sp³-hybridized carbons (Fsp3) is 0.620. The van der Waals surface area contributed by atoms with Crippen molar-refractivity contribution in [1.82, 2.24) is 35.5 Å². The first-order chi connectivity index (χ1) is 31.4. The second-order valence-corrected chi connectivity index (χ2v) is 18.5. The molecule has 2 aromatic carbocycles. The monoisotopic (exact) mass is 918 g/mol. The van der Waals surface area contributed by atoms with Crippen LogP contribution in [0.25, 0.3) is 11.5 Å². The van der Waals surface area contributed by atoms with Crippen molar-refractivity contribution in [3.8, 4) is 11.5 Å². The van der Waals surface area contributed by atoms with Crippen LogP contribution in [-0.4, -0.2) is 137 Å². The van der Waals surface area contributed by atoms with Gasteiger partial charge in [-0.05, 0) is 68.3 Å². The zero-order valence-electron chi connectivity index (χ0n) is 40.9. The number of carboxylic acid groups (broad SMARTS) is 1. The first-order valence-corrected chi connectivity index (χ1v) is 23.5. The summed E-state index contributed by atoms with van der Waals surface area (Å²) in [5, 5.41) is 24.0. The number of likely N-dealkylation sites (tertiary alicyclic amines) is 1. The van der Waals surface area contributed by atoms with E-state index >= 15 is 0 Å². The van der Waals surface area contributed by atoms with Gasteiger partial charge in [-0.2, -0.15) is 0 Å². The van der Waals surface area contributed by atoms with E-state index in [9.17, 15) is 24.0 Å². The van der Waals surface area contributed by atoms with E-state index in [0.717, 1.165) is 17.5 Å². The highest BCUT2D eigenvalue weighted by Crippen LogP contribution is 2.31. The second kappa shape index (κ2) is 25.6. The van der Waals surface area contributed by atoms with Gasteiger partial charge in [-0.15, -0.1) is 10.2 Å². The number of hydrogen-bond donors (Lipinski definition) is 3. The molecule has 4 rings (SSSR count). The number of carbonyl (C=O) groups is 5. The highest BCUT2D eigenvalue weighted by Gasteiger charge is 2.43. The molecule has 16 nitrogen and oxygen atoms in total. The van der Waals surface area contributed by atoms with E-state index in [2.05, 4.69) is 20.8 Å². The van der Waals surface area contributed by atoms with Gasteiger partial charge in [0.2, 0.25) is 35.4 Å². The maximum Gasteiger partial charge on any atom is 0.303 e. The molecule has 0 spiro atoms. The SMILES string of the molecule is CCC(C)C(C(CC(=O)N1CCC[C@H]1C(OC)C(C)C(=O)NC(Cc1ccccc1)c1nnc(-c2ccccc2)o1)OC)N(C)C(=O)C(NC(=O)C(C(C)C)N(C)CCCC(=O)O)C(C)C. The minimum atomic E-state index is -0.895. The van der Waals surface area contributed by atoms with Gasteiger partial charge in [0, 0.05) is 46.2 Å². The van der Waals surface area contributed by atoms with Crippen LogP contribution in [0.15, 0.2) is 65.1 Å². The van der Waals surface area contributed by atoms with E-state index in [0.29, 0.717) is 44.7 Å². The average molecular weight is 918 g/mol. The van der Waals surface area contributed by atoms with Gasteiger partial charge in [0.05, 0.1) is 42.7 Å². The van der Waals surface area contributed by atoms with Gasteiger partial charge < -0.3 is 39.4 Å². The van der Waals surface area contributed by atoms with Crippen LogP contribution < -0.4 is 10.6 Å². The summed E-state index contributed by atoms with van der Waals surface area (Å²) in [5.41, 5.74) is 1.74. The predicted molar refractivity (Wildman–Crippen MR) is 252 cm³/mol. The van der Waals surface area contributed by atoms with E-state index in [1.165, 1.54) is 0 Å². The number of amides is 4. The number of rotatable bonds is 26. The lowest BCUT2D eigenvalue weighted by molar-refractivity contribution is -0.148. The molecular formula is C50H75N7O9. The number of likely N-dealkylation sites (N-methyl/N-ethyl adjacent to an activating group) is 2. The molecule has 1 aliphatic rings. The molecule has 66 heavy (non-hydrogen) atoms. The Morgan fingerprint density at radius 2 is 1.53 bits per heavy atom. The number of ether oxygens (including phenoxy) is 2. The zero-order chi connectivity index (χ0) is 48.7. The first kappa shape index (κ1) is 53.4. The van der Waals surface area contributed by atoms with Crippen LogP contribution in [0.2, 0.25) is 0 Å². The van der Waals surface area contributed by atoms with E-state index < -0.39 is 54.3 Å². The summed E-state index contributed by atoms with van der Waals surface area (Å²) in [6.45, 7) is 14.3. The Labute approximate surface area is 391 Å². The third-order valence-corrected chi connectivity index (χ3v) is 13.1. The predicted octanol–water partition coefficient (Wildman–Crippen LogP) is 6.02. The van der Waals surface area contributed by atoms with Gasteiger partial charge in [0.15, 0.2) is 0 Å². The molecule has 16 heteroatoms. The summed E-state index contributed by atoms with van der Waals surface area (Å²) in [7, 11) is 6.60. The van der Waals surface area contributed by atoms with Gasteiger partial charge >= 0.3 is 5.97 Å². The fourth-order valence-electron chi connectivity index (χ4n) is 9.33. The number of aliphatic carboxylic acids is 1. The molecular weight excluding hydrogens is 843 g/mol. The van der Waals surface area contributed by atoms with Gasteiger partial charge in [0.25, 0.3) is 0 Å². The molecule has 0 aliphatic carbocycles. The largest absolute Gasteiger partial charge is 0.481 e. The normalized spacial score (nSPS) is 17.7. The minimum absolute atomic E-state index is 0.00721. The molecule has 0 radical (unpaired) electrons. The van der Waals surface area contributed by atoms with Crippen LogP contribution in [0.3, 0.4) is 0 Å². The zero-order valence-corrected chi connectivity index (χ0v) is 40.9. The number of aromatic nitrogens is 2. The Hall–Kier alpha value is -5.19. The van der Waals surface area contributed by atoms with Crippen LogP contribution in [0.1, 0.15) is 104 Å². The molecule has 0 bridgehead atoms. The lowest BCUT2D eigenvalue weighted by Crippen LogP contribution is -2.60. The van der Waals surface area contributed by atoms with Gasteiger partial charge in [-0.25, -0.2) is 0 Å². The second-order valence-electron chi connectivity index (χ2n) is 18.5. The Balaban J connectivity index is 1.50. The van der Waals surface area contributed by atoms with E-state index in [1.54, 1.807) is 45.0 Å². The van der Waals surface area contributed by atoms with Crippen LogP contribution >= 0.6 is 0 Å². The molecule has 1 saturated heterocycles. The molecule has 364 valence electrons. The van der Waals surface area contributed by atoms with Gasteiger partial charge in [-0.1, -0.05) is 103 Å². The van der Waals surface area contributed by atoms with Crippen molar-refractivity contribution in [3.05, 3.63) is 72.1 Å². The summed E-state index contributed by atoms with van der Waals surface area (Å²) in [5.74, 6) is -2.48. The number of benzene rings is 2. The van der Waals surface area contributed by atoms with Crippen LogP contribution in [0, 0.1) is 23.7 Å². The Kier molecular flexibility index (Phi) is 20.8. The topological polar surface area (TPSA) is 197 Å². The van der Waals surface area contributed by atoms with Crippen LogP contribution in [0.4, 0.5) is 0 Å². The maximum atomic E-state index is 14.5. The molecule has 3 aromatic rings. The molecule has 4 amide bonds. The standard InChI is InChI=1S/C50H75N7O9/c1-12-33(6)44(56(9)50(63)42(31(2)3)52-47(62)43(32(4)5)55(8)27-20-26-41(59)60)39(64-10)30-40(58)57-28-19-25-38(57)45(65-11)34(7)46(61)51-37(29-35-21-15-13-16-22-35)49-54-53-48(66-49)36-23-17-14-18-24-36/h13-18,21-24,31-34,37-39,42-45H,12,19-20,25-30H2,1-11H3,(H,51,61)(H,52,62)(H,59,60)/t33?,34?,37?,38-,39?,42?,43?,44?,45?/m0/s1. The summed E-state index contributed by atoms with van der Waals surface area (Å²) < 4.78 is 18.3. The van der Waals surface area contributed by atoms with Crippen molar-refractivity contribution >= 4 is 29.6 Å². The van der Waals surface area contributed by atoms with E-state index in [1.807, 2.05) is 107 Å². The molecule has 2 heterocycles. The number of hydrogen-bond acceptors (Lipinski definition) is 11. The number of carbonyl (C=O) groups excluding carboxylic acids is 4. The lowest BCUT2D eigenvalue weighted by Gasteiger charge is -2.41. The van der Waals surface area contributed by atoms with Crippen molar-refractivity contribution in [2.45, 2.75) is 136 Å². The van der Waals surface area contributed by atoms with Crippen molar-refractivity contribution in [2.75, 3.05) is 41.4 Å². The van der Waals surface area contributed by atoms with Crippen molar-refractivity contribution in [3.63, 3.8) is 0 Å². The molecule has 8 unspecified atom stereocenters. The summed E-state index contributed by atoms with van der Waals surface area (Å²) >= 11 is 0. The van der Waals surface area contributed by atoms with Gasteiger partial charge in [0.1, 0.15) is 12.1 Å². The van der Waals surface area contributed by atoms with Crippen molar-refractivity contribution < 1.29 is 43.0 Å². The highest BCUT2D eigenvalue weighted by molar-refractivity contribution is 5.90. The van der Waals surface area contributed by atoms with E-state index in [-0.39, 0.29) is 60.1 Å². The van der Waals surface area contributed by atoms with Crippen LogP contribution in [0.5, 0.6) is 0 Å². The molecule has 0 saturated carbocycles. The Morgan fingerprint density at radius 3 is 2.11 bits per heavy atom. The Morgan fingerprint density at radius 1 is 0.879 bits per heavy atom. The minimum Gasteiger partial charge on any atom is -0.481 e. The molecule has 1 aliphatic heterocycles. The summed E-state index contributed by atoms with van der Waals surface area (Å²) in [6, 6.07) is 16.2. The lowest BCUT2D eigenvalue weighted by atomic mass is 9.89. The van der Waals surface area contributed by atoms with Crippen LogP contribution in [-0.2, 0) is 39.9 Å². The quantitative estimate of drug-likeness (QED) is 0.0849. The molecule has 3 N–H and O–H groups in total. The molecule has 9 atom stereocenters. The number of methoxy groups -OCH3 is 2. The molecule has 1 aromatic heterocycles. The number of carboxylic acids is 1. The molecule has 1 fully saturated rings. The first-order valence-electron chi connectivity index (χ1n) is 23.5. The fourth-order valence-corrected chi connectivity index (χ4v) is 9.33. The highest BCUT2D eigenvalue weighted by atomic mass is 16.5. The Bertz CT molecular complexity index is 2000. The number of nitrogens with one attached hydrogen (secondary N) is 2. The maximum absolute atomic E-state index is 14.5. The summed E-state index contributed by atoms with van der Waals surface area (Å²) in [6.07, 6.45) is 1.48. The van der Waals surface area contributed by atoms with Crippen molar-refractivity contribution in [1.29, 1.82) is 0 Å².